The molecule has 3 nitrogen and oxygen atoms in total. The smallest absolute Gasteiger partial charge is 0.137 e. The molecule has 0 bridgehead atoms. The van der Waals surface area contributed by atoms with Crippen LogP contribution in [0.1, 0.15) is 31.2 Å². The lowest BCUT2D eigenvalue weighted by Crippen LogP contribution is -2.30. The van der Waals surface area contributed by atoms with Gasteiger partial charge in [0.2, 0.25) is 0 Å². The maximum atomic E-state index is 12.1. The molecule has 2 rings (SSSR count). The zero-order chi connectivity index (χ0) is 13.5. The van der Waals surface area contributed by atoms with Crippen molar-refractivity contribution in [1.29, 1.82) is 0 Å². The van der Waals surface area contributed by atoms with E-state index in [4.69, 9.17) is 4.74 Å². The Bertz CT molecular complexity index is 386. The van der Waals surface area contributed by atoms with Crippen LogP contribution in [0.3, 0.4) is 0 Å². The number of aryl methyl sites for hydroxylation is 1. The highest BCUT2D eigenvalue weighted by Crippen LogP contribution is 2.18. The summed E-state index contributed by atoms with van der Waals surface area (Å²) in [4.78, 5) is 6.54. The van der Waals surface area contributed by atoms with E-state index in [0.717, 1.165) is 37.3 Å². The number of likely N-dealkylation sites (tertiary alicyclic amines) is 1. The largest absolute Gasteiger partial charge is 0.490 e. The number of ether oxygens (including phenoxy) is 1. The molecule has 1 saturated heterocycles. The van der Waals surface area contributed by atoms with Gasteiger partial charge in [-0.3, -0.25) is 9.37 Å². The third kappa shape index (κ3) is 4.46. The van der Waals surface area contributed by atoms with Gasteiger partial charge in [-0.05, 0) is 57.3 Å². The van der Waals surface area contributed by atoms with Gasteiger partial charge in [0.25, 0.3) is 0 Å². The van der Waals surface area contributed by atoms with Crippen molar-refractivity contribution in [3.63, 3.8) is 0 Å². The van der Waals surface area contributed by atoms with E-state index in [1.54, 1.807) is 6.20 Å². The Hall–Kier alpha value is -1.16. The third-order valence-corrected chi connectivity index (χ3v) is 3.73. The van der Waals surface area contributed by atoms with Gasteiger partial charge in [-0.15, -0.1) is 0 Å². The second-order valence-corrected chi connectivity index (χ2v) is 5.26. The normalized spacial score (nSPS) is 19.8. The number of unbranched alkanes of at least 4 members (excludes halogenated alkanes) is 1. The second kappa shape index (κ2) is 7.43. The Labute approximate surface area is 114 Å². The zero-order valence-electron chi connectivity index (χ0n) is 11.6. The SMILES string of the molecule is CN1CCC[C@H]1COc1cncc(CCCCF)c1. The van der Waals surface area contributed by atoms with Crippen LogP contribution < -0.4 is 4.74 Å². The predicted molar refractivity (Wildman–Crippen MR) is 74.3 cm³/mol. The van der Waals surface area contributed by atoms with Crippen LogP contribution >= 0.6 is 0 Å². The number of alkyl halides is 1. The summed E-state index contributed by atoms with van der Waals surface area (Å²) in [6.45, 7) is 1.65. The molecule has 0 spiro atoms. The Balaban J connectivity index is 1.81. The highest BCUT2D eigenvalue weighted by atomic mass is 19.1. The molecule has 0 unspecified atom stereocenters. The fourth-order valence-corrected chi connectivity index (χ4v) is 2.49. The fourth-order valence-electron chi connectivity index (χ4n) is 2.49. The highest BCUT2D eigenvalue weighted by molar-refractivity contribution is 5.23. The Morgan fingerprint density at radius 3 is 3.05 bits per heavy atom. The van der Waals surface area contributed by atoms with Crippen LogP contribution in [0.5, 0.6) is 5.75 Å². The number of aromatic nitrogens is 1. The molecular formula is C15H23FN2O. The third-order valence-electron chi connectivity index (χ3n) is 3.73. The van der Waals surface area contributed by atoms with Crippen LogP contribution in [0.25, 0.3) is 0 Å². The van der Waals surface area contributed by atoms with Crippen LogP contribution in [-0.4, -0.2) is 42.8 Å². The molecule has 0 aliphatic carbocycles. The first-order valence-corrected chi connectivity index (χ1v) is 7.12. The van der Waals surface area contributed by atoms with E-state index in [9.17, 15) is 4.39 Å². The van der Waals surface area contributed by atoms with Gasteiger partial charge in [0.05, 0.1) is 12.9 Å². The summed E-state index contributed by atoms with van der Waals surface area (Å²) in [7, 11) is 2.15. The first kappa shape index (κ1) is 14.3. The second-order valence-electron chi connectivity index (χ2n) is 5.26. The number of rotatable bonds is 7. The van der Waals surface area contributed by atoms with Gasteiger partial charge < -0.3 is 9.64 Å². The number of hydrogen-bond donors (Lipinski definition) is 0. The van der Waals surface area contributed by atoms with Crippen molar-refractivity contribution in [2.45, 2.75) is 38.1 Å². The van der Waals surface area contributed by atoms with Crippen molar-refractivity contribution < 1.29 is 9.13 Å². The summed E-state index contributed by atoms with van der Waals surface area (Å²) < 4.78 is 17.9. The summed E-state index contributed by atoms with van der Waals surface area (Å²) in [5, 5.41) is 0. The lowest BCUT2D eigenvalue weighted by molar-refractivity contribution is 0.197. The van der Waals surface area contributed by atoms with Crippen molar-refractivity contribution >= 4 is 0 Å². The molecule has 1 aliphatic rings. The van der Waals surface area contributed by atoms with Gasteiger partial charge in [-0.2, -0.15) is 0 Å². The molecule has 0 aromatic carbocycles. The van der Waals surface area contributed by atoms with Crippen LogP contribution in [0, 0.1) is 0 Å². The molecular weight excluding hydrogens is 243 g/mol. The van der Waals surface area contributed by atoms with Crippen LogP contribution in [0.4, 0.5) is 4.39 Å². The van der Waals surface area contributed by atoms with E-state index in [1.807, 2.05) is 12.3 Å². The molecule has 1 fully saturated rings. The summed E-state index contributed by atoms with van der Waals surface area (Å²) in [5.41, 5.74) is 1.13. The minimum atomic E-state index is -0.238. The van der Waals surface area contributed by atoms with E-state index in [1.165, 1.54) is 12.8 Å². The monoisotopic (exact) mass is 266 g/mol. The van der Waals surface area contributed by atoms with Crippen LogP contribution in [0.2, 0.25) is 0 Å². The van der Waals surface area contributed by atoms with E-state index in [2.05, 4.69) is 16.9 Å². The maximum Gasteiger partial charge on any atom is 0.137 e. The molecule has 4 heteroatoms. The zero-order valence-corrected chi connectivity index (χ0v) is 11.6. The topological polar surface area (TPSA) is 25.4 Å². The summed E-state index contributed by atoms with van der Waals surface area (Å²) in [5.74, 6) is 0.832. The number of hydrogen-bond acceptors (Lipinski definition) is 3. The van der Waals surface area contributed by atoms with E-state index in [-0.39, 0.29) is 6.67 Å². The molecule has 106 valence electrons. The highest BCUT2D eigenvalue weighted by Gasteiger charge is 2.21. The molecule has 1 aliphatic heterocycles. The average Bonchev–Trinajstić information content (AvgIpc) is 2.83. The molecule has 0 N–H and O–H groups in total. The van der Waals surface area contributed by atoms with Gasteiger partial charge in [-0.1, -0.05) is 0 Å². The summed E-state index contributed by atoms with van der Waals surface area (Å²) in [6.07, 6.45) is 8.43. The summed E-state index contributed by atoms with van der Waals surface area (Å²) in [6, 6.07) is 2.55. The Kier molecular flexibility index (Phi) is 5.58. The Morgan fingerprint density at radius 1 is 1.42 bits per heavy atom. The standard InChI is InChI=1S/C15H23FN2O/c1-18-8-4-6-14(18)12-19-15-9-13(10-17-11-15)5-2-3-7-16/h9-11,14H,2-8,12H2,1H3/t14-/m0/s1. The number of nitrogens with zero attached hydrogens (tertiary/aromatic N) is 2. The maximum absolute atomic E-state index is 12.1. The molecule has 0 radical (unpaired) electrons. The molecule has 1 aromatic rings. The fraction of sp³-hybridized carbons (Fsp3) is 0.667. The predicted octanol–water partition coefficient (Wildman–Crippen LogP) is 2.85. The molecule has 1 atom stereocenters. The van der Waals surface area contributed by atoms with Crippen molar-refractivity contribution in [1.82, 2.24) is 9.88 Å². The quantitative estimate of drug-likeness (QED) is 0.710. The van der Waals surface area contributed by atoms with Crippen LogP contribution in [0.15, 0.2) is 18.5 Å². The van der Waals surface area contributed by atoms with Crippen molar-refractivity contribution in [3.05, 3.63) is 24.0 Å². The van der Waals surface area contributed by atoms with Gasteiger partial charge in [-0.25, -0.2) is 0 Å². The average molecular weight is 266 g/mol. The summed E-state index contributed by atoms with van der Waals surface area (Å²) >= 11 is 0. The van der Waals surface area contributed by atoms with Gasteiger partial charge in [0.15, 0.2) is 0 Å². The van der Waals surface area contributed by atoms with E-state index in [0.29, 0.717) is 12.5 Å². The van der Waals surface area contributed by atoms with E-state index >= 15 is 0 Å². The van der Waals surface area contributed by atoms with Crippen molar-refractivity contribution in [3.8, 4) is 5.75 Å². The number of likely N-dealkylation sites (N-methyl/N-ethyl adjacent to an activating group) is 1. The van der Waals surface area contributed by atoms with Crippen molar-refractivity contribution in [2.24, 2.45) is 0 Å². The Morgan fingerprint density at radius 2 is 2.32 bits per heavy atom. The molecule has 0 saturated carbocycles. The lowest BCUT2D eigenvalue weighted by Gasteiger charge is -2.19. The molecule has 1 aromatic heterocycles. The first-order valence-electron chi connectivity index (χ1n) is 7.12. The molecule has 2 heterocycles. The minimum Gasteiger partial charge on any atom is -0.490 e. The number of pyridine rings is 1. The van der Waals surface area contributed by atoms with Gasteiger partial charge in [0.1, 0.15) is 12.4 Å². The van der Waals surface area contributed by atoms with E-state index < -0.39 is 0 Å². The first-order chi connectivity index (χ1) is 9.29. The minimum absolute atomic E-state index is 0.238. The van der Waals surface area contributed by atoms with Crippen molar-refractivity contribution in [2.75, 3.05) is 26.9 Å². The van der Waals surface area contributed by atoms with Crippen LogP contribution in [-0.2, 0) is 6.42 Å². The lowest BCUT2D eigenvalue weighted by atomic mass is 10.1. The van der Waals surface area contributed by atoms with Gasteiger partial charge in [0, 0.05) is 12.2 Å². The molecule has 19 heavy (non-hydrogen) atoms. The van der Waals surface area contributed by atoms with Gasteiger partial charge >= 0.3 is 0 Å². The molecule has 0 amide bonds. The number of halogens is 1.